The molecule has 43 valence electrons. The Balaban J connectivity index is 0. The molecule has 0 heterocycles. The molecule has 0 saturated heterocycles. The predicted octanol–water partition coefficient (Wildman–Crippen LogP) is 0.706. The largest absolute Gasteiger partial charge is 0.317 e. The number of hydrogen-bond acceptors (Lipinski definition) is 2. The Morgan fingerprint density at radius 2 is 1.17 bits per heavy atom. The van der Waals surface area contributed by atoms with Crippen LogP contribution in [0.15, 0.2) is 0 Å². The Morgan fingerprint density at radius 1 is 1.17 bits per heavy atom. The molecule has 0 amide bonds. The minimum absolute atomic E-state index is 0. The summed E-state index contributed by atoms with van der Waals surface area (Å²) in [7, 11) is 4.81. The van der Waals surface area contributed by atoms with E-state index < -0.39 is 8.26 Å². The first-order chi connectivity index (χ1) is 2.00. The normalized spacial score (nSPS) is 9.67. The summed E-state index contributed by atoms with van der Waals surface area (Å²) in [4.78, 5) is 0. The van der Waals surface area contributed by atoms with Gasteiger partial charge < -0.3 is 0 Å². The van der Waals surface area contributed by atoms with Gasteiger partial charge in [-0.2, -0.15) is 8.42 Å². The summed E-state index contributed by atoms with van der Waals surface area (Å²) in [6, 6.07) is 0. The molecule has 0 aromatic carbocycles. The molecular weight excluding hydrogens is 199 g/mol. The number of halogens is 2. The average Bonchev–Trinajstić information content (AvgIpc) is 0.722. The summed E-state index contributed by atoms with van der Waals surface area (Å²) in [5, 5.41) is 0. The van der Waals surface area contributed by atoms with Crippen molar-refractivity contribution >= 4 is 29.6 Å². The van der Waals surface area contributed by atoms with Crippen molar-refractivity contribution in [1.29, 1.82) is 0 Å². The van der Waals surface area contributed by atoms with Crippen molar-refractivity contribution in [2.45, 2.75) is 0 Å². The van der Waals surface area contributed by atoms with Crippen LogP contribution in [0.3, 0.4) is 0 Å². The third-order valence-electron chi connectivity index (χ3n) is 0. The molecule has 0 aliphatic rings. The van der Waals surface area contributed by atoms with Crippen LogP contribution in [0.1, 0.15) is 0 Å². The SMILES string of the molecule is O=S(=O)(Cl)Cl.[Cu]. The van der Waals surface area contributed by atoms with E-state index in [0.717, 1.165) is 0 Å². The number of hydrogen-bond donors (Lipinski definition) is 0. The molecule has 0 fully saturated rings. The third-order valence-corrected chi connectivity index (χ3v) is 0. The standard InChI is InChI=1S/Cl2O2S.Cu/c1-5(2,3)4;. The van der Waals surface area contributed by atoms with Crippen LogP contribution in [-0.2, 0) is 25.3 Å². The van der Waals surface area contributed by atoms with E-state index in [9.17, 15) is 0 Å². The van der Waals surface area contributed by atoms with Gasteiger partial charge in [-0.3, -0.25) is 0 Å². The van der Waals surface area contributed by atoms with E-state index in [2.05, 4.69) is 21.4 Å². The molecule has 0 saturated carbocycles. The van der Waals surface area contributed by atoms with Crippen molar-refractivity contribution in [3.63, 3.8) is 0 Å². The molecule has 0 aromatic rings. The van der Waals surface area contributed by atoms with Crippen LogP contribution in [0.4, 0.5) is 0 Å². The monoisotopic (exact) mass is 197 g/mol. The zero-order valence-electron chi connectivity index (χ0n) is 2.28. The van der Waals surface area contributed by atoms with Gasteiger partial charge in [0.1, 0.15) is 0 Å². The predicted molar refractivity (Wildman–Crippen MR) is 20.6 cm³/mol. The molecule has 0 bridgehead atoms. The van der Waals surface area contributed by atoms with Gasteiger partial charge in [-0.15, -0.1) is 0 Å². The van der Waals surface area contributed by atoms with Gasteiger partial charge in [0.25, 0.3) is 0 Å². The Morgan fingerprint density at radius 3 is 1.17 bits per heavy atom. The molecule has 1 radical (unpaired) electrons. The fourth-order valence-electron chi connectivity index (χ4n) is 0. The Bertz CT molecular complexity index is 94.7. The van der Waals surface area contributed by atoms with Gasteiger partial charge in [-0.25, -0.2) is 0 Å². The molecule has 0 aliphatic heterocycles. The summed E-state index contributed by atoms with van der Waals surface area (Å²) < 4.78 is 18.3. The average molecular weight is 199 g/mol. The van der Waals surface area contributed by atoms with Crippen molar-refractivity contribution in [1.82, 2.24) is 0 Å². The van der Waals surface area contributed by atoms with Crippen molar-refractivity contribution in [3.8, 4) is 0 Å². The van der Waals surface area contributed by atoms with E-state index in [1.807, 2.05) is 0 Å². The van der Waals surface area contributed by atoms with Crippen LogP contribution in [0.2, 0.25) is 0 Å². The quantitative estimate of drug-likeness (QED) is 0.424. The summed E-state index contributed by atoms with van der Waals surface area (Å²) in [5.74, 6) is 0. The molecule has 0 N–H and O–H groups in total. The van der Waals surface area contributed by atoms with Crippen LogP contribution >= 0.6 is 21.4 Å². The first-order valence-corrected chi connectivity index (χ1v) is 3.78. The van der Waals surface area contributed by atoms with Crippen LogP contribution < -0.4 is 0 Å². The Kier molecular flexibility index (Phi) is 5.23. The van der Waals surface area contributed by atoms with Gasteiger partial charge in [0.05, 0.1) is 0 Å². The second-order valence-corrected chi connectivity index (χ2v) is 4.05. The molecule has 0 spiro atoms. The third kappa shape index (κ3) is 75.2. The summed E-state index contributed by atoms with van der Waals surface area (Å²) >= 11 is 0. The zero-order valence-corrected chi connectivity index (χ0v) is 5.55. The maximum absolute atomic E-state index is 9.16. The topological polar surface area (TPSA) is 34.1 Å². The van der Waals surface area contributed by atoms with E-state index in [-0.39, 0.29) is 17.1 Å². The first-order valence-electron chi connectivity index (χ1n) is 0.642. The molecule has 0 rings (SSSR count). The fraction of sp³-hybridized carbons (Fsp3) is 0. The molecule has 2 nitrogen and oxygen atoms in total. The van der Waals surface area contributed by atoms with Gasteiger partial charge in [0.2, 0.25) is 0 Å². The molecule has 0 atom stereocenters. The van der Waals surface area contributed by atoms with Crippen molar-refractivity contribution in [2.75, 3.05) is 0 Å². The summed E-state index contributed by atoms with van der Waals surface area (Å²) in [5.41, 5.74) is 0. The maximum Gasteiger partial charge on any atom is 0.317 e. The first kappa shape index (κ1) is 10.1. The fourth-order valence-corrected chi connectivity index (χ4v) is 0. The zero-order chi connectivity index (χ0) is 4.50. The smallest absolute Gasteiger partial charge is 0.195 e. The summed E-state index contributed by atoms with van der Waals surface area (Å²) in [6.07, 6.45) is 0. The van der Waals surface area contributed by atoms with Gasteiger partial charge in [0.15, 0.2) is 0 Å². The van der Waals surface area contributed by atoms with E-state index in [1.165, 1.54) is 0 Å². The minimum atomic E-state index is -3.72. The summed E-state index contributed by atoms with van der Waals surface area (Å²) in [6.45, 7) is 0. The molecule has 0 aliphatic carbocycles. The van der Waals surface area contributed by atoms with E-state index in [0.29, 0.717) is 0 Å². The molecular formula is Cl2CuO2S. The second kappa shape index (κ2) is 3.10. The minimum Gasteiger partial charge on any atom is -0.195 e. The molecule has 0 aromatic heterocycles. The van der Waals surface area contributed by atoms with Crippen molar-refractivity contribution < 1.29 is 25.5 Å². The second-order valence-electron chi connectivity index (χ2n) is 0.378. The number of rotatable bonds is 0. The maximum atomic E-state index is 9.16. The van der Waals surface area contributed by atoms with Gasteiger partial charge in [0, 0.05) is 38.4 Å². The van der Waals surface area contributed by atoms with Gasteiger partial charge >= 0.3 is 8.26 Å². The van der Waals surface area contributed by atoms with E-state index in [1.54, 1.807) is 0 Å². The van der Waals surface area contributed by atoms with Crippen molar-refractivity contribution in [3.05, 3.63) is 0 Å². The molecule has 0 unspecified atom stereocenters. The Hall–Kier alpha value is 1.05. The van der Waals surface area contributed by atoms with E-state index >= 15 is 0 Å². The molecule has 6 heteroatoms. The van der Waals surface area contributed by atoms with Crippen LogP contribution in [0.25, 0.3) is 0 Å². The van der Waals surface area contributed by atoms with Gasteiger partial charge in [-0.1, -0.05) is 0 Å². The van der Waals surface area contributed by atoms with Crippen LogP contribution in [0, 0.1) is 0 Å². The van der Waals surface area contributed by atoms with Crippen LogP contribution in [-0.4, -0.2) is 8.42 Å². The van der Waals surface area contributed by atoms with E-state index in [4.69, 9.17) is 8.42 Å². The van der Waals surface area contributed by atoms with Crippen molar-refractivity contribution in [2.24, 2.45) is 0 Å². The Labute approximate surface area is 55.2 Å². The van der Waals surface area contributed by atoms with Gasteiger partial charge in [-0.05, 0) is 0 Å². The molecule has 6 heavy (non-hydrogen) atoms. The van der Waals surface area contributed by atoms with Crippen LogP contribution in [0.5, 0.6) is 0 Å².